The third-order valence-electron chi connectivity index (χ3n) is 3.30. The molecule has 0 spiro atoms. The molecule has 1 aromatic rings. The third-order valence-corrected chi connectivity index (χ3v) is 3.72. The topological polar surface area (TPSA) is 43.1 Å². The van der Waals surface area contributed by atoms with Crippen LogP contribution in [0.1, 0.15) is 5.56 Å². The highest BCUT2D eigenvalue weighted by atomic mass is 35.5. The van der Waals surface area contributed by atoms with Crippen LogP contribution in [-0.4, -0.2) is 50.7 Å². The molecule has 1 aliphatic rings. The summed E-state index contributed by atoms with van der Waals surface area (Å²) in [6.07, 6.45) is -0.455. The molecule has 4 nitrogen and oxygen atoms in total. The number of halogens is 1. The molecule has 5 heteroatoms. The maximum atomic E-state index is 9.97. The molecule has 0 aromatic heterocycles. The van der Waals surface area contributed by atoms with Crippen LogP contribution in [0.3, 0.4) is 0 Å². The smallest absolute Gasteiger partial charge is 0.137 e. The summed E-state index contributed by atoms with van der Waals surface area (Å²) >= 11 is 5.95. The largest absolute Gasteiger partial charge is 0.491 e. The number of morpholine rings is 1. The van der Waals surface area contributed by atoms with Crippen LogP contribution in [0.25, 0.3) is 0 Å². The minimum atomic E-state index is -0.455. The number of rotatable bonds is 5. The van der Waals surface area contributed by atoms with E-state index in [2.05, 4.69) is 0 Å². The van der Waals surface area contributed by atoms with Gasteiger partial charge in [-0.2, -0.15) is 0 Å². The summed E-state index contributed by atoms with van der Waals surface area (Å²) in [5.41, 5.74) is 0.979. The van der Waals surface area contributed by atoms with Gasteiger partial charge in [-0.3, -0.25) is 0 Å². The molecular formula is C14H21ClNO3+. The molecule has 0 aliphatic carbocycles. The quantitative estimate of drug-likeness (QED) is 0.818. The molecule has 0 bridgehead atoms. The number of ether oxygens (including phenoxy) is 2. The van der Waals surface area contributed by atoms with Crippen molar-refractivity contribution in [2.45, 2.75) is 13.0 Å². The lowest BCUT2D eigenvalue weighted by Crippen LogP contribution is -3.15. The number of hydrogen-bond donors (Lipinski definition) is 2. The Bertz CT molecular complexity index is 408. The first kappa shape index (κ1) is 14.6. The summed E-state index contributed by atoms with van der Waals surface area (Å²) < 4.78 is 10.9. The van der Waals surface area contributed by atoms with Crippen molar-refractivity contribution in [3.05, 3.63) is 28.8 Å². The van der Waals surface area contributed by atoms with E-state index < -0.39 is 6.10 Å². The molecule has 1 heterocycles. The number of aryl methyl sites for hydroxylation is 1. The summed E-state index contributed by atoms with van der Waals surface area (Å²) in [5, 5.41) is 10.7. The van der Waals surface area contributed by atoms with Crippen molar-refractivity contribution in [3.8, 4) is 5.75 Å². The van der Waals surface area contributed by atoms with E-state index >= 15 is 0 Å². The second kappa shape index (κ2) is 7.10. The Hall–Kier alpha value is -0.810. The van der Waals surface area contributed by atoms with Crippen LogP contribution >= 0.6 is 11.6 Å². The van der Waals surface area contributed by atoms with E-state index in [0.717, 1.165) is 42.6 Å². The number of aliphatic hydroxyl groups is 1. The van der Waals surface area contributed by atoms with Gasteiger partial charge in [-0.05, 0) is 30.7 Å². The summed E-state index contributed by atoms with van der Waals surface area (Å²) in [7, 11) is 0. The number of aliphatic hydroxyl groups excluding tert-OH is 1. The van der Waals surface area contributed by atoms with Gasteiger partial charge in [0.05, 0.1) is 13.2 Å². The Balaban J connectivity index is 1.75. The van der Waals surface area contributed by atoms with Crippen molar-refractivity contribution >= 4 is 11.6 Å². The lowest BCUT2D eigenvalue weighted by atomic mass is 10.2. The molecule has 1 saturated heterocycles. The van der Waals surface area contributed by atoms with E-state index in [0.29, 0.717) is 13.2 Å². The summed E-state index contributed by atoms with van der Waals surface area (Å²) in [6.45, 7) is 6.41. The summed E-state index contributed by atoms with van der Waals surface area (Å²) in [4.78, 5) is 1.37. The van der Waals surface area contributed by atoms with Gasteiger partial charge in [0.2, 0.25) is 0 Å². The van der Waals surface area contributed by atoms with Crippen molar-refractivity contribution in [2.24, 2.45) is 0 Å². The number of hydrogen-bond acceptors (Lipinski definition) is 3. The Morgan fingerprint density at radius 1 is 1.42 bits per heavy atom. The van der Waals surface area contributed by atoms with E-state index in [1.54, 1.807) is 0 Å². The zero-order chi connectivity index (χ0) is 13.7. The zero-order valence-electron chi connectivity index (χ0n) is 11.2. The van der Waals surface area contributed by atoms with Gasteiger partial charge in [-0.1, -0.05) is 11.6 Å². The van der Waals surface area contributed by atoms with Gasteiger partial charge in [0.15, 0.2) is 0 Å². The first-order valence-electron chi connectivity index (χ1n) is 6.63. The van der Waals surface area contributed by atoms with Gasteiger partial charge in [-0.25, -0.2) is 0 Å². The Labute approximate surface area is 118 Å². The number of quaternary nitrogens is 1. The van der Waals surface area contributed by atoms with Crippen molar-refractivity contribution in [3.63, 3.8) is 0 Å². The first-order chi connectivity index (χ1) is 9.15. The van der Waals surface area contributed by atoms with Crippen molar-refractivity contribution < 1.29 is 19.5 Å². The van der Waals surface area contributed by atoms with Gasteiger partial charge in [0, 0.05) is 5.02 Å². The molecule has 0 unspecified atom stereocenters. The Kier molecular flexibility index (Phi) is 5.45. The molecule has 1 aromatic carbocycles. The second-order valence-corrected chi connectivity index (χ2v) is 5.35. The summed E-state index contributed by atoms with van der Waals surface area (Å²) in [5.74, 6) is 0.748. The van der Waals surface area contributed by atoms with Crippen LogP contribution < -0.4 is 9.64 Å². The average Bonchev–Trinajstić information content (AvgIpc) is 2.41. The maximum absolute atomic E-state index is 9.97. The lowest BCUT2D eigenvalue weighted by Gasteiger charge is -2.25. The molecule has 106 valence electrons. The van der Waals surface area contributed by atoms with E-state index in [1.165, 1.54) is 4.90 Å². The molecule has 1 atom stereocenters. The maximum Gasteiger partial charge on any atom is 0.137 e. The van der Waals surface area contributed by atoms with Crippen LogP contribution in [0.4, 0.5) is 0 Å². The van der Waals surface area contributed by atoms with Gasteiger partial charge in [0.1, 0.15) is 38.1 Å². The van der Waals surface area contributed by atoms with Crippen LogP contribution in [0, 0.1) is 6.92 Å². The highest BCUT2D eigenvalue weighted by Crippen LogP contribution is 2.20. The fraction of sp³-hybridized carbons (Fsp3) is 0.571. The average molecular weight is 287 g/mol. The molecule has 0 radical (unpaired) electrons. The van der Waals surface area contributed by atoms with Crippen molar-refractivity contribution in [2.75, 3.05) is 39.5 Å². The highest BCUT2D eigenvalue weighted by molar-refractivity contribution is 6.31. The van der Waals surface area contributed by atoms with Crippen LogP contribution in [0.15, 0.2) is 18.2 Å². The fourth-order valence-electron chi connectivity index (χ4n) is 2.16. The first-order valence-corrected chi connectivity index (χ1v) is 7.01. The molecule has 2 N–H and O–H groups in total. The van der Waals surface area contributed by atoms with Crippen LogP contribution in [-0.2, 0) is 4.74 Å². The molecule has 0 saturated carbocycles. The van der Waals surface area contributed by atoms with Gasteiger partial charge < -0.3 is 19.5 Å². The minimum Gasteiger partial charge on any atom is -0.491 e. The monoisotopic (exact) mass is 286 g/mol. The summed E-state index contributed by atoms with van der Waals surface area (Å²) in [6, 6.07) is 5.52. The van der Waals surface area contributed by atoms with Gasteiger partial charge in [-0.15, -0.1) is 0 Å². The van der Waals surface area contributed by atoms with E-state index in [4.69, 9.17) is 21.1 Å². The molecule has 1 fully saturated rings. The SMILES string of the molecule is Cc1cc(OC[C@H](O)C[NH+]2CCOCC2)ccc1Cl. The Morgan fingerprint density at radius 3 is 2.84 bits per heavy atom. The normalized spacial score (nSPS) is 18.3. The van der Waals surface area contributed by atoms with E-state index in [1.807, 2.05) is 25.1 Å². The van der Waals surface area contributed by atoms with Crippen molar-refractivity contribution in [1.82, 2.24) is 0 Å². The van der Waals surface area contributed by atoms with Crippen LogP contribution in [0.5, 0.6) is 5.75 Å². The van der Waals surface area contributed by atoms with Crippen molar-refractivity contribution in [1.29, 1.82) is 0 Å². The van der Waals surface area contributed by atoms with Gasteiger partial charge >= 0.3 is 0 Å². The number of nitrogens with one attached hydrogen (secondary N) is 1. The van der Waals surface area contributed by atoms with E-state index in [9.17, 15) is 5.11 Å². The second-order valence-electron chi connectivity index (χ2n) is 4.94. The molecular weight excluding hydrogens is 266 g/mol. The fourth-order valence-corrected chi connectivity index (χ4v) is 2.27. The lowest BCUT2D eigenvalue weighted by molar-refractivity contribution is -0.911. The minimum absolute atomic E-state index is 0.311. The molecule has 0 amide bonds. The zero-order valence-corrected chi connectivity index (χ0v) is 11.9. The molecule has 19 heavy (non-hydrogen) atoms. The molecule has 2 rings (SSSR count). The van der Waals surface area contributed by atoms with Gasteiger partial charge in [0.25, 0.3) is 0 Å². The predicted octanol–water partition coefficient (Wildman–Crippen LogP) is 0.303. The standard InChI is InChI=1S/C14H20ClNO3/c1-11-8-13(2-3-14(11)15)19-10-12(17)9-16-4-6-18-7-5-16/h2-3,8,12,17H,4-7,9-10H2,1H3/p+1/t12-/m1/s1. The third kappa shape index (κ3) is 4.66. The van der Waals surface area contributed by atoms with E-state index in [-0.39, 0.29) is 0 Å². The highest BCUT2D eigenvalue weighted by Gasteiger charge is 2.18. The molecule has 1 aliphatic heterocycles. The Morgan fingerprint density at radius 2 is 2.16 bits per heavy atom. The number of benzene rings is 1. The van der Waals surface area contributed by atoms with Crippen LogP contribution in [0.2, 0.25) is 5.02 Å². The predicted molar refractivity (Wildman–Crippen MR) is 74.1 cm³/mol.